The third-order valence-corrected chi connectivity index (χ3v) is 6.17. The van der Waals surface area contributed by atoms with E-state index in [1.54, 1.807) is 11.8 Å². The van der Waals surface area contributed by atoms with Crippen molar-refractivity contribution in [3.63, 3.8) is 0 Å². The molecule has 0 saturated heterocycles. The maximum atomic E-state index is 13.2. The molecule has 0 radical (unpaired) electrons. The predicted molar refractivity (Wildman–Crippen MR) is 108 cm³/mol. The Morgan fingerprint density at radius 1 is 0.923 bits per heavy atom. The number of nitrogens with zero attached hydrogens (tertiary/aromatic N) is 1. The van der Waals surface area contributed by atoms with Crippen molar-refractivity contribution in [2.24, 2.45) is 0 Å². The Balaban J connectivity index is 1.72. The minimum atomic E-state index is 0.145. The van der Waals surface area contributed by atoms with Gasteiger partial charge in [-0.1, -0.05) is 66.7 Å². The van der Waals surface area contributed by atoms with Gasteiger partial charge in [-0.15, -0.1) is 11.8 Å². The monoisotopic (exact) mass is 359 g/mol. The Labute approximate surface area is 158 Å². The number of benzene rings is 3. The molecule has 0 aliphatic carbocycles. The minimum Gasteiger partial charge on any atom is -0.307 e. The lowest BCUT2D eigenvalue weighted by molar-refractivity contribution is -0.118. The van der Waals surface area contributed by atoms with Crippen LogP contribution in [0.1, 0.15) is 28.4 Å². The van der Waals surface area contributed by atoms with Crippen LogP contribution in [0.5, 0.6) is 0 Å². The van der Waals surface area contributed by atoms with E-state index in [9.17, 15) is 4.79 Å². The second-order valence-corrected chi connectivity index (χ2v) is 7.84. The van der Waals surface area contributed by atoms with E-state index in [-0.39, 0.29) is 11.2 Å². The molecule has 0 N–H and O–H groups in total. The lowest BCUT2D eigenvalue weighted by Crippen LogP contribution is -2.30. The first-order chi connectivity index (χ1) is 12.7. The van der Waals surface area contributed by atoms with E-state index in [1.165, 1.54) is 21.6 Å². The SMILES string of the molecule is Cc1ccccc1CN1C(=O)CC(c2ccccc2)Sc2ccccc21. The van der Waals surface area contributed by atoms with Gasteiger partial charge in [-0.2, -0.15) is 0 Å². The zero-order valence-electron chi connectivity index (χ0n) is 14.8. The quantitative estimate of drug-likeness (QED) is 0.592. The van der Waals surface area contributed by atoms with E-state index in [1.807, 2.05) is 41.3 Å². The Hall–Kier alpha value is -2.52. The van der Waals surface area contributed by atoms with Crippen molar-refractivity contribution in [1.29, 1.82) is 0 Å². The van der Waals surface area contributed by atoms with Crippen LogP contribution in [0.4, 0.5) is 5.69 Å². The Morgan fingerprint density at radius 3 is 2.42 bits per heavy atom. The highest BCUT2D eigenvalue weighted by Gasteiger charge is 2.29. The maximum Gasteiger partial charge on any atom is 0.228 e. The molecule has 26 heavy (non-hydrogen) atoms. The molecular formula is C23H21NOS. The third-order valence-electron chi connectivity index (χ3n) is 4.85. The first kappa shape index (κ1) is 16.9. The highest BCUT2D eigenvalue weighted by molar-refractivity contribution is 7.99. The summed E-state index contributed by atoms with van der Waals surface area (Å²) in [6.07, 6.45) is 0.509. The van der Waals surface area contributed by atoms with Gasteiger partial charge in [0.25, 0.3) is 0 Å². The summed E-state index contributed by atoms with van der Waals surface area (Å²) in [6, 6.07) is 26.9. The number of carbonyl (C=O) groups excluding carboxylic acids is 1. The van der Waals surface area contributed by atoms with Crippen molar-refractivity contribution in [3.05, 3.63) is 95.6 Å². The zero-order valence-corrected chi connectivity index (χ0v) is 15.6. The maximum absolute atomic E-state index is 13.2. The number of anilines is 1. The van der Waals surface area contributed by atoms with Gasteiger partial charge in [-0.05, 0) is 35.7 Å². The van der Waals surface area contributed by atoms with E-state index >= 15 is 0 Å². The van der Waals surface area contributed by atoms with Crippen LogP contribution in [0.3, 0.4) is 0 Å². The van der Waals surface area contributed by atoms with Gasteiger partial charge in [0.15, 0.2) is 0 Å². The van der Waals surface area contributed by atoms with Crippen LogP contribution in [0.25, 0.3) is 0 Å². The molecule has 3 heteroatoms. The number of aryl methyl sites for hydroxylation is 1. The third kappa shape index (κ3) is 3.40. The molecule has 4 rings (SSSR count). The molecule has 3 aromatic rings. The molecule has 130 valence electrons. The molecule has 0 saturated carbocycles. The van der Waals surface area contributed by atoms with E-state index in [4.69, 9.17) is 0 Å². The summed E-state index contributed by atoms with van der Waals surface area (Å²) in [5, 5.41) is 0.145. The van der Waals surface area contributed by atoms with E-state index < -0.39 is 0 Å². The lowest BCUT2D eigenvalue weighted by Gasteiger charge is -2.23. The second-order valence-electron chi connectivity index (χ2n) is 6.60. The van der Waals surface area contributed by atoms with Crippen molar-refractivity contribution in [2.75, 3.05) is 4.90 Å². The lowest BCUT2D eigenvalue weighted by atomic mass is 10.1. The number of amides is 1. The standard InChI is InChI=1S/C23H21NOS/c1-17-9-5-6-12-19(17)16-24-20-13-7-8-14-21(20)26-22(15-23(24)25)18-10-3-2-4-11-18/h2-14,22H,15-16H2,1H3. The van der Waals surface area contributed by atoms with Gasteiger partial charge >= 0.3 is 0 Å². The number of fused-ring (bicyclic) bond motifs is 1. The molecule has 1 heterocycles. The molecule has 1 unspecified atom stereocenters. The van der Waals surface area contributed by atoms with Gasteiger partial charge in [0, 0.05) is 16.6 Å². The smallest absolute Gasteiger partial charge is 0.228 e. The topological polar surface area (TPSA) is 20.3 Å². The summed E-state index contributed by atoms with van der Waals surface area (Å²) in [5.74, 6) is 0.180. The molecule has 1 amide bonds. The van der Waals surface area contributed by atoms with Crippen LogP contribution in [-0.4, -0.2) is 5.91 Å². The molecule has 0 aromatic heterocycles. The van der Waals surface area contributed by atoms with Gasteiger partial charge in [0.05, 0.1) is 12.2 Å². The van der Waals surface area contributed by atoms with Gasteiger partial charge in [-0.3, -0.25) is 4.79 Å². The summed E-state index contributed by atoms with van der Waals surface area (Å²) in [4.78, 5) is 16.3. The van der Waals surface area contributed by atoms with Gasteiger partial charge in [-0.25, -0.2) is 0 Å². The summed E-state index contributed by atoms with van der Waals surface area (Å²) in [7, 11) is 0. The number of carbonyl (C=O) groups is 1. The Morgan fingerprint density at radius 2 is 1.62 bits per heavy atom. The number of thioether (sulfide) groups is 1. The second kappa shape index (κ2) is 7.38. The molecule has 0 fully saturated rings. The fraction of sp³-hybridized carbons (Fsp3) is 0.174. The molecular weight excluding hydrogens is 338 g/mol. The average molecular weight is 359 g/mol. The van der Waals surface area contributed by atoms with Gasteiger partial charge < -0.3 is 4.90 Å². The fourth-order valence-electron chi connectivity index (χ4n) is 3.36. The largest absolute Gasteiger partial charge is 0.307 e. The van der Waals surface area contributed by atoms with Crippen molar-refractivity contribution < 1.29 is 4.79 Å². The molecule has 1 atom stereocenters. The van der Waals surface area contributed by atoms with Gasteiger partial charge in [0.2, 0.25) is 5.91 Å². The summed E-state index contributed by atoms with van der Waals surface area (Å²) in [5.41, 5.74) is 4.63. The number of hydrogen-bond acceptors (Lipinski definition) is 2. The van der Waals surface area contributed by atoms with Crippen molar-refractivity contribution in [3.8, 4) is 0 Å². The van der Waals surface area contributed by atoms with Crippen LogP contribution in [-0.2, 0) is 11.3 Å². The highest BCUT2D eigenvalue weighted by Crippen LogP contribution is 2.45. The van der Waals surface area contributed by atoms with Crippen molar-refractivity contribution >= 4 is 23.4 Å². The molecule has 3 aromatic carbocycles. The minimum absolute atomic E-state index is 0.145. The molecule has 1 aliphatic rings. The number of para-hydroxylation sites is 1. The van der Waals surface area contributed by atoms with E-state index in [0.717, 1.165) is 5.69 Å². The fourth-order valence-corrected chi connectivity index (χ4v) is 4.64. The average Bonchev–Trinajstić information content (AvgIpc) is 2.81. The van der Waals surface area contributed by atoms with Gasteiger partial charge in [0.1, 0.15) is 0 Å². The molecule has 0 bridgehead atoms. The molecule has 1 aliphatic heterocycles. The predicted octanol–water partition coefficient (Wildman–Crippen LogP) is 5.77. The first-order valence-corrected chi connectivity index (χ1v) is 9.76. The Bertz CT molecular complexity index is 922. The van der Waals surface area contributed by atoms with Crippen LogP contribution in [0, 0.1) is 6.92 Å². The van der Waals surface area contributed by atoms with Crippen LogP contribution in [0.15, 0.2) is 83.8 Å². The summed E-state index contributed by atoms with van der Waals surface area (Å²) >= 11 is 1.79. The van der Waals surface area contributed by atoms with E-state index in [2.05, 4.69) is 49.4 Å². The zero-order chi connectivity index (χ0) is 17.9. The van der Waals surface area contributed by atoms with Crippen LogP contribution in [0.2, 0.25) is 0 Å². The normalized spacial score (nSPS) is 16.9. The van der Waals surface area contributed by atoms with Crippen LogP contribution < -0.4 is 4.90 Å². The molecule has 2 nitrogen and oxygen atoms in total. The number of rotatable bonds is 3. The Kier molecular flexibility index (Phi) is 4.81. The molecule has 0 spiro atoms. The van der Waals surface area contributed by atoms with Crippen molar-refractivity contribution in [2.45, 2.75) is 30.0 Å². The summed E-state index contributed by atoms with van der Waals surface area (Å²) < 4.78 is 0. The highest BCUT2D eigenvalue weighted by atomic mass is 32.2. The van der Waals surface area contributed by atoms with E-state index in [0.29, 0.717) is 13.0 Å². The van der Waals surface area contributed by atoms with Crippen molar-refractivity contribution in [1.82, 2.24) is 0 Å². The first-order valence-electron chi connectivity index (χ1n) is 8.88. The number of hydrogen-bond donors (Lipinski definition) is 0. The summed E-state index contributed by atoms with van der Waals surface area (Å²) in [6.45, 7) is 2.72. The van der Waals surface area contributed by atoms with Crippen LogP contribution >= 0.6 is 11.8 Å².